The molecule has 6 rings (SSSR count). The summed E-state index contributed by atoms with van der Waals surface area (Å²) < 4.78 is 0. The maximum Gasteiger partial charge on any atom is 0.255 e. The molecular formula is C31H39N3O7. The Morgan fingerprint density at radius 3 is 2.32 bits per heavy atom. The Bertz CT molecular complexity index is 1450. The van der Waals surface area contributed by atoms with Crippen LogP contribution in [0.5, 0.6) is 5.75 Å². The summed E-state index contributed by atoms with van der Waals surface area (Å²) >= 11 is 0. The van der Waals surface area contributed by atoms with Gasteiger partial charge in [-0.1, -0.05) is 0 Å². The Hall–Kier alpha value is -3.37. The molecular weight excluding hydrogens is 526 g/mol. The molecule has 5 aliphatic carbocycles. The number of carbonyl (C=O) groups is 3. The van der Waals surface area contributed by atoms with E-state index in [1.165, 1.54) is 30.6 Å². The van der Waals surface area contributed by atoms with Crippen molar-refractivity contribution in [1.82, 2.24) is 4.90 Å². The Morgan fingerprint density at radius 2 is 1.76 bits per heavy atom. The van der Waals surface area contributed by atoms with Gasteiger partial charge >= 0.3 is 0 Å². The highest BCUT2D eigenvalue weighted by atomic mass is 16.3. The maximum atomic E-state index is 14.1. The van der Waals surface area contributed by atoms with Gasteiger partial charge < -0.3 is 31.1 Å². The van der Waals surface area contributed by atoms with Gasteiger partial charge in [-0.05, 0) is 99.9 Å². The third-order valence-electron chi connectivity index (χ3n) is 10.5. The molecule has 0 radical (unpaired) electrons. The molecule has 1 aromatic rings. The predicted molar refractivity (Wildman–Crippen MR) is 151 cm³/mol. The molecule has 1 amide bonds. The SMILES string of the molecule is CN(C)c1cc(CCC2CC3(CC3)C2)c(O)c2c1C[C@H]1C[C@H]3[C@H](N(C)C)C(=O)C(C(N)=O)=C(O)[C@@]3(O)C(=O)C1=C2O. The third-order valence-corrected chi connectivity index (χ3v) is 10.5. The molecule has 3 saturated carbocycles. The summed E-state index contributed by atoms with van der Waals surface area (Å²) in [6, 6.07) is 0.859. The van der Waals surface area contributed by atoms with Gasteiger partial charge in [-0.3, -0.25) is 19.3 Å². The molecule has 6 N–H and O–H groups in total. The number of carbonyl (C=O) groups excluding carboxylic acids is 3. The molecule has 0 aliphatic heterocycles. The summed E-state index contributed by atoms with van der Waals surface area (Å²) in [6.07, 6.45) is 7.00. The van der Waals surface area contributed by atoms with Crippen LogP contribution in [0.2, 0.25) is 0 Å². The fourth-order valence-corrected chi connectivity index (χ4v) is 8.25. The van der Waals surface area contributed by atoms with E-state index in [1.54, 1.807) is 14.1 Å². The number of hydrogen-bond donors (Lipinski definition) is 5. The van der Waals surface area contributed by atoms with Crippen molar-refractivity contribution < 1.29 is 34.8 Å². The number of phenols is 1. The number of phenolic OH excluding ortho intramolecular Hbond substituents is 1. The first kappa shape index (κ1) is 27.8. The van der Waals surface area contributed by atoms with Crippen LogP contribution in [0.15, 0.2) is 23.0 Å². The summed E-state index contributed by atoms with van der Waals surface area (Å²) in [6.45, 7) is 0. The van der Waals surface area contributed by atoms with Crippen LogP contribution in [0, 0.1) is 23.2 Å². The van der Waals surface area contributed by atoms with Crippen molar-refractivity contribution in [2.45, 2.75) is 63.0 Å². The average molecular weight is 566 g/mol. The summed E-state index contributed by atoms with van der Waals surface area (Å²) in [5.41, 5.74) is 4.77. The first-order valence-electron chi connectivity index (χ1n) is 14.4. The van der Waals surface area contributed by atoms with Gasteiger partial charge in [-0.2, -0.15) is 0 Å². The van der Waals surface area contributed by atoms with E-state index >= 15 is 0 Å². The van der Waals surface area contributed by atoms with Crippen LogP contribution in [0.25, 0.3) is 5.76 Å². The lowest BCUT2D eigenvalue weighted by molar-refractivity contribution is -0.153. The third kappa shape index (κ3) is 3.86. The number of aromatic hydroxyl groups is 1. The van der Waals surface area contributed by atoms with Crippen LogP contribution in [0.3, 0.4) is 0 Å². The van der Waals surface area contributed by atoms with Crippen molar-refractivity contribution in [3.8, 4) is 5.75 Å². The van der Waals surface area contributed by atoms with E-state index in [1.807, 2.05) is 25.1 Å². The molecule has 10 heteroatoms. The smallest absolute Gasteiger partial charge is 0.255 e. The number of amides is 1. The maximum absolute atomic E-state index is 14.1. The van der Waals surface area contributed by atoms with Crippen LogP contribution in [0.1, 0.15) is 55.2 Å². The number of aryl methyl sites for hydroxylation is 1. The van der Waals surface area contributed by atoms with Crippen molar-refractivity contribution in [2.75, 3.05) is 33.1 Å². The van der Waals surface area contributed by atoms with E-state index in [-0.39, 0.29) is 29.7 Å². The monoisotopic (exact) mass is 565 g/mol. The number of ketones is 2. The van der Waals surface area contributed by atoms with Gasteiger partial charge in [0, 0.05) is 31.3 Å². The van der Waals surface area contributed by atoms with Gasteiger partial charge in [0.25, 0.3) is 5.91 Å². The zero-order chi connectivity index (χ0) is 29.8. The topological polar surface area (TPSA) is 165 Å². The molecule has 0 bridgehead atoms. The van der Waals surface area contributed by atoms with E-state index < -0.39 is 58.0 Å². The minimum absolute atomic E-state index is 0.0740. The molecule has 0 heterocycles. The van der Waals surface area contributed by atoms with Crippen molar-refractivity contribution in [1.29, 1.82) is 0 Å². The number of likely N-dealkylation sites (N-methyl/N-ethyl adjacent to an activating group) is 1. The zero-order valence-electron chi connectivity index (χ0n) is 24.0. The number of nitrogens with two attached hydrogens (primary N) is 1. The Kier molecular flexibility index (Phi) is 6.14. The standard InChI is InChI=1S/C31H39N3O7/c1-33(2)19-11-15(6-5-14-12-30(13-14)7-8-30)24(35)21-17(19)9-16-10-18-23(34(3)4)26(37)22(29(32)40)28(39)31(18,41)27(38)20(16)25(21)36/h11,14,16,18,23,35-36,39,41H,5-10,12-13H2,1-4H3,(H2,32,40)/t16-,18-,23-,31-/m0/s1. The number of primary amides is 1. The van der Waals surface area contributed by atoms with E-state index in [4.69, 9.17) is 5.73 Å². The Labute approximate surface area is 239 Å². The molecule has 220 valence electrons. The van der Waals surface area contributed by atoms with Gasteiger partial charge in [0.05, 0.1) is 11.6 Å². The van der Waals surface area contributed by atoms with Crippen molar-refractivity contribution in [2.24, 2.45) is 28.9 Å². The first-order valence-corrected chi connectivity index (χ1v) is 14.4. The highest BCUT2D eigenvalue weighted by Crippen LogP contribution is 2.64. The quantitative estimate of drug-likeness (QED) is 0.325. The van der Waals surface area contributed by atoms with Gasteiger partial charge in [0.15, 0.2) is 11.4 Å². The largest absolute Gasteiger partial charge is 0.508 e. The second-order valence-electron chi connectivity index (χ2n) is 13.4. The second-order valence-corrected chi connectivity index (χ2v) is 13.4. The van der Waals surface area contributed by atoms with Crippen molar-refractivity contribution >= 4 is 28.9 Å². The molecule has 1 spiro atoms. The Balaban J connectivity index is 1.45. The number of anilines is 1. The van der Waals surface area contributed by atoms with E-state index in [0.29, 0.717) is 28.9 Å². The number of rotatable bonds is 6. The minimum atomic E-state index is -2.63. The fourth-order valence-electron chi connectivity index (χ4n) is 8.25. The van der Waals surface area contributed by atoms with Crippen LogP contribution in [-0.2, 0) is 27.2 Å². The molecule has 1 aromatic carbocycles. The molecule has 0 saturated heterocycles. The van der Waals surface area contributed by atoms with E-state index in [0.717, 1.165) is 12.1 Å². The molecule has 5 aliphatic rings. The van der Waals surface area contributed by atoms with E-state index in [2.05, 4.69) is 0 Å². The molecule has 41 heavy (non-hydrogen) atoms. The highest BCUT2D eigenvalue weighted by Gasteiger charge is 2.64. The number of fused-ring (bicyclic) bond motifs is 3. The molecule has 0 aromatic heterocycles. The normalized spacial score (nSPS) is 30.2. The van der Waals surface area contributed by atoms with Gasteiger partial charge in [0.2, 0.25) is 5.78 Å². The number of Topliss-reactive ketones (excluding diaryl/α,β-unsaturated/α-hetero) is 2. The van der Waals surface area contributed by atoms with Gasteiger partial charge in [-0.25, -0.2) is 0 Å². The van der Waals surface area contributed by atoms with Crippen LogP contribution >= 0.6 is 0 Å². The number of nitrogens with zero attached hydrogens (tertiary/aromatic N) is 2. The van der Waals surface area contributed by atoms with Gasteiger partial charge in [0.1, 0.15) is 22.8 Å². The lowest BCUT2D eigenvalue weighted by Crippen LogP contribution is -2.65. The molecule has 4 atom stereocenters. The number of aliphatic hydroxyl groups is 3. The van der Waals surface area contributed by atoms with Gasteiger partial charge in [-0.15, -0.1) is 0 Å². The number of aliphatic hydroxyl groups excluding tert-OH is 2. The van der Waals surface area contributed by atoms with E-state index in [9.17, 15) is 34.8 Å². The van der Waals surface area contributed by atoms with Crippen molar-refractivity contribution in [3.63, 3.8) is 0 Å². The highest BCUT2D eigenvalue weighted by molar-refractivity contribution is 6.24. The van der Waals surface area contributed by atoms with Crippen LogP contribution in [0.4, 0.5) is 5.69 Å². The molecule has 10 nitrogen and oxygen atoms in total. The second kappa shape index (κ2) is 9.06. The van der Waals surface area contributed by atoms with Crippen molar-refractivity contribution in [3.05, 3.63) is 39.7 Å². The summed E-state index contributed by atoms with van der Waals surface area (Å²) in [5, 5.41) is 46.0. The first-order chi connectivity index (χ1) is 19.2. The lowest BCUT2D eigenvalue weighted by Gasteiger charge is -2.50. The van der Waals surface area contributed by atoms with Crippen LogP contribution < -0.4 is 10.6 Å². The molecule has 0 unspecified atom stereocenters. The fraction of sp³-hybridized carbons (Fsp3) is 0.581. The summed E-state index contributed by atoms with van der Waals surface area (Å²) in [5.74, 6) is -5.65. The summed E-state index contributed by atoms with van der Waals surface area (Å²) in [4.78, 5) is 43.0. The average Bonchev–Trinajstić information content (AvgIpc) is 3.66. The number of benzene rings is 1. The lowest BCUT2D eigenvalue weighted by atomic mass is 9.57. The Morgan fingerprint density at radius 1 is 1.10 bits per heavy atom. The minimum Gasteiger partial charge on any atom is -0.508 e. The number of hydrogen-bond acceptors (Lipinski definition) is 9. The zero-order valence-corrected chi connectivity index (χ0v) is 24.0. The predicted octanol–water partition coefficient (Wildman–Crippen LogP) is 2.15. The van der Waals surface area contributed by atoms with Crippen LogP contribution in [-0.4, -0.2) is 82.6 Å². The summed E-state index contributed by atoms with van der Waals surface area (Å²) in [7, 11) is 6.95. The molecule has 3 fully saturated rings.